The Kier molecular flexibility index (Phi) is 6.71. The summed E-state index contributed by atoms with van der Waals surface area (Å²) in [6, 6.07) is 14.7. The Morgan fingerprint density at radius 3 is 2.39 bits per heavy atom. The molecule has 0 aliphatic carbocycles. The molecule has 7 nitrogen and oxygen atoms in total. The molecule has 10 heteroatoms. The monoisotopic (exact) mass is 490 g/mol. The average Bonchev–Trinajstić information content (AvgIpc) is 3.02. The standard InChI is InChI=1S/C23H20ClFN2O5S/c24-19-3-1-4-20(25)18(19)14-23(28)26-15-5-7-16(8-6-15)27-33(29,30)17-9-10-21-22(13-17)32-12-2-11-31-21/h1,3-10,13,27H,2,11-12,14H2,(H,26,28). The molecule has 0 bridgehead atoms. The number of sulfonamides is 1. The van der Waals surface area contributed by atoms with E-state index in [1.54, 1.807) is 6.07 Å². The summed E-state index contributed by atoms with van der Waals surface area (Å²) in [7, 11) is -3.87. The minimum Gasteiger partial charge on any atom is -0.490 e. The van der Waals surface area contributed by atoms with Crippen molar-refractivity contribution >= 4 is 38.9 Å². The zero-order valence-corrected chi connectivity index (χ0v) is 18.9. The molecule has 2 N–H and O–H groups in total. The first-order valence-electron chi connectivity index (χ1n) is 10.1. The number of anilines is 2. The van der Waals surface area contributed by atoms with Gasteiger partial charge in [-0.05, 0) is 48.5 Å². The van der Waals surface area contributed by atoms with Gasteiger partial charge in [0.15, 0.2) is 11.5 Å². The van der Waals surface area contributed by atoms with Gasteiger partial charge in [-0.2, -0.15) is 0 Å². The number of rotatable bonds is 6. The van der Waals surface area contributed by atoms with Crippen molar-refractivity contribution in [2.24, 2.45) is 0 Å². The van der Waals surface area contributed by atoms with Crippen LogP contribution >= 0.6 is 11.6 Å². The maximum atomic E-state index is 13.9. The molecule has 0 unspecified atom stereocenters. The molecule has 0 saturated heterocycles. The highest BCUT2D eigenvalue weighted by atomic mass is 35.5. The third-order valence-electron chi connectivity index (χ3n) is 4.85. The lowest BCUT2D eigenvalue weighted by Gasteiger charge is -2.12. The van der Waals surface area contributed by atoms with Crippen LogP contribution in [0, 0.1) is 5.82 Å². The van der Waals surface area contributed by atoms with Gasteiger partial charge in [-0.15, -0.1) is 0 Å². The van der Waals surface area contributed by atoms with E-state index in [-0.39, 0.29) is 21.9 Å². The van der Waals surface area contributed by atoms with Gasteiger partial charge in [-0.25, -0.2) is 12.8 Å². The highest BCUT2D eigenvalue weighted by Gasteiger charge is 2.19. The molecule has 0 radical (unpaired) electrons. The van der Waals surface area contributed by atoms with Gasteiger partial charge in [0.1, 0.15) is 5.82 Å². The molecule has 0 aromatic heterocycles. The molecular weight excluding hydrogens is 471 g/mol. The summed E-state index contributed by atoms with van der Waals surface area (Å²) in [4.78, 5) is 12.3. The van der Waals surface area contributed by atoms with E-state index < -0.39 is 21.7 Å². The van der Waals surface area contributed by atoms with Crippen LogP contribution in [0.4, 0.5) is 15.8 Å². The summed E-state index contributed by atoms with van der Waals surface area (Å²) in [5.74, 6) is -0.133. The Morgan fingerprint density at radius 2 is 1.67 bits per heavy atom. The van der Waals surface area contributed by atoms with E-state index in [2.05, 4.69) is 10.0 Å². The average molecular weight is 491 g/mol. The van der Waals surface area contributed by atoms with E-state index in [0.717, 1.165) is 0 Å². The van der Waals surface area contributed by atoms with E-state index in [1.807, 2.05) is 0 Å². The molecule has 1 aliphatic rings. The summed E-state index contributed by atoms with van der Waals surface area (Å²) in [6.45, 7) is 0.952. The van der Waals surface area contributed by atoms with Gasteiger partial charge in [0.05, 0.1) is 24.5 Å². The number of carbonyl (C=O) groups is 1. The van der Waals surface area contributed by atoms with Gasteiger partial charge in [0, 0.05) is 34.4 Å². The minimum atomic E-state index is -3.87. The third kappa shape index (κ3) is 5.55. The molecule has 1 heterocycles. The second kappa shape index (κ2) is 9.68. The summed E-state index contributed by atoms with van der Waals surface area (Å²) in [5, 5.41) is 2.81. The number of benzene rings is 3. The molecule has 0 atom stereocenters. The number of amides is 1. The number of hydrogen-bond donors (Lipinski definition) is 2. The summed E-state index contributed by atoms with van der Waals surface area (Å²) < 4.78 is 53.0. The normalized spacial score (nSPS) is 13.2. The van der Waals surface area contributed by atoms with Gasteiger partial charge >= 0.3 is 0 Å². The number of nitrogens with one attached hydrogen (secondary N) is 2. The van der Waals surface area contributed by atoms with E-state index in [9.17, 15) is 17.6 Å². The predicted molar refractivity (Wildman–Crippen MR) is 123 cm³/mol. The number of carbonyl (C=O) groups excluding carboxylic acids is 1. The van der Waals surface area contributed by atoms with Crippen molar-refractivity contribution in [3.05, 3.63) is 77.1 Å². The third-order valence-corrected chi connectivity index (χ3v) is 6.58. The first-order chi connectivity index (χ1) is 15.8. The first kappa shape index (κ1) is 22.9. The van der Waals surface area contributed by atoms with Crippen LogP contribution in [0.3, 0.4) is 0 Å². The highest BCUT2D eigenvalue weighted by Crippen LogP contribution is 2.32. The van der Waals surface area contributed by atoms with Crippen molar-refractivity contribution in [1.82, 2.24) is 0 Å². The van der Waals surface area contributed by atoms with Gasteiger partial charge in [-0.1, -0.05) is 17.7 Å². The Labute approximate surface area is 195 Å². The molecule has 0 spiro atoms. The van der Waals surface area contributed by atoms with Crippen LogP contribution in [0.25, 0.3) is 0 Å². The number of hydrogen-bond acceptors (Lipinski definition) is 5. The zero-order chi connectivity index (χ0) is 23.4. The molecule has 0 saturated carbocycles. The molecule has 172 valence electrons. The van der Waals surface area contributed by atoms with Crippen LogP contribution in [0.15, 0.2) is 65.6 Å². The maximum Gasteiger partial charge on any atom is 0.262 e. The van der Waals surface area contributed by atoms with Gasteiger partial charge in [0.2, 0.25) is 5.91 Å². The van der Waals surface area contributed by atoms with E-state index in [0.29, 0.717) is 42.5 Å². The lowest BCUT2D eigenvalue weighted by molar-refractivity contribution is -0.115. The predicted octanol–water partition coefficient (Wildman–Crippen LogP) is 4.62. The summed E-state index contributed by atoms with van der Waals surface area (Å²) in [5.41, 5.74) is 0.833. The fraction of sp³-hybridized carbons (Fsp3) is 0.174. The van der Waals surface area contributed by atoms with Crippen LogP contribution in [-0.2, 0) is 21.2 Å². The van der Waals surface area contributed by atoms with Crippen LogP contribution in [-0.4, -0.2) is 27.5 Å². The van der Waals surface area contributed by atoms with E-state index in [4.69, 9.17) is 21.1 Å². The van der Waals surface area contributed by atoms with Gasteiger partial charge < -0.3 is 14.8 Å². The Bertz CT molecular complexity index is 1260. The summed E-state index contributed by atoms with van der Waals surface area (Å²) in [6.07, 6.45) is 0.481. The second-order valence-corrected chi connectivity index (χ2v) is 9.36. The topological polar surface area (TPSA) is 93.7 Å². The van der Waals surface area contributed by atoms with Crippen molar-refractivity contribution in [2.45, 2.75) is 17.7 Å². The summed E-state index contributed by atoms with van der Waals surface area (Å²) >= 11 is 5.96. The molecular formula is C23H20ClFN2O5S. The van der Waals surface area contributed by atoms with Crippen molar-refractivity contribution in [3.8, 4) is 11.5 Å². The van der Waals surface area contributed by atoms with Gasteiger partial charge in [0.25, 0.3) is 10.0 Å². The first-order valence-corrected chi connectivity index (χ1v) is 11.9. The molecule has 4 rings (SSSR count). The molecule has 0 fully saturated rings. The van der Waals surface area contributed by atoms with Crippen LogP contribution in [0.2, 0.25) is 5.02 Å². The Morgan fingerprint density at radius 1 is 0.970 bits per heavy atom. The maximum absolute atomic E-state index is 13.9. The van der Waals surface area contributed by atoms with Crippen LogP contribution in [0.1, 0.15) is 12.0 Å². The van der Waals surface area contributed by atoms with Crippen LogP contribution in [0.5, 0.6) is 11.5 Å². The number of fused-ring (bicyclic) bond motifs is 1. The number of halogens is 2. The fourth-order valence-electron chi connectivity index (χ4n) is 3.21. The van der Waals surface area contributed by atoms with Crippen LogP contribution < -0.4 is 19.5 Å². The molecule has 33 heavy (non-hydrogen) atoms. The largest absolute Gasteiger partial charge is 0.490 e. The number of ether oxygens (including phenoxy) is 2. The fourth-order valence-corrected chi connectivity index (χ4v) is 4.52. The SMILES string of the molecule is O=C(Cc1c(F)cccc1Cl)Nc1ccc(NS(=O)(=O)c2ccc3c(c2)OCCCO3)cc1. The van der Waals surface area contributed by atoms with Crippen molar-refractivity contribution in [3.63, 3.8) is 0 Å². The van der Waals surface area contributed by atoms with Crippen molar-refractivity contribution in [2.75, 3.05) is 23.3 Å². The quantitative estimate of drug-likeness (QED) is 0.525. The smallest absolute Gasteiger partial charge is 0.262 e. The molecule has 3 aromatic rings. The van der Waals surface area contributed by atoms with E-state index >= 15 is 0 Å². The Hall–Kier alpha value is -3.30. The second-order valence-electron chi connectivity index (χ2n) is 7.27. The van der Waals surface area contributed by atoms with Crippen molar-refractivity contribution < 1.29 is 27.1 Å². The molecule has 1 amide bonds. The minimum absolute atomic E-state index is 0.0332. The molecule has 1 aliphatic heterocycles. The van der Waals surface area contributed by atoms with Crippen molar-refractivity contribution in [1.29, 1.82) is 0 Å². The zero-order valence-electron chi connectivity index (χ0n) is 17.3. The lowest BCUT2D eigenvalue weighted by Crippen LogP contribution is -2.16. The van der Waals surface area contributed by atoms with E-state index in [1.165, 1.54) is 54.6 Å². The lowest BCUT2D eigenvalue weighted by atomic mass is 10.1. The molecule has 3 aromatic carbocycles. The van der Waals surface area contributed by atoms with Gasteiger partial charge in [-0.3, -0.25) is 9.52 Å². The highest BCUT2D eigenvalue weighted by molar-refractivity contribution is 7.92. The Balaban J connectivity index is 1.42.